The van der Waals surface area contributed by atoms with Crippen LogP contribution in [0.5, 0.6) is 0 Å². The third-order valence-electron chi connectivity index (χ3n) is 3.01. The van der Waals surface area contributed by atoms with Crippen LogP contribution < -0.4 is 5.32 Å². The van der Waals surface area contributed by atoms with Crippen LogP contribution >= 0.6 is 11.3 Å². The second-order valence-electron chi connectivity index (χ2n) is 6.14. The minimum absolute atomic E-state index is 0.217. The number of thiazole rings is 1. The smallest absolute Gasteiger partial charge is 0.410 e. The van der Waals surface area contributed by atoms with Gasteiger partial charge >= 0.3 is 6.09 Å². The molecule has 1 saturated heterocycles. The number of hydrogen-bond acceptors (Lipinski definition) is 5. The minimum atomic E-state index is -0.419. The molecule has 1 aliphatic heterocycles. The summed E-state index contributed by atoms with van der Waals surface area (Å²) in [6, 6.07) is 0.377. The van der Waals surface area contributed by atoms with E-state index in [0.29, 0.717) is 6.04 Å². The van der Waals surface area contributed by atoms with E-state index in [-0.39, 0.29) is 6.09 Å². The van der Waals surface area contributed by atoms with Crippen molar-refractivity contribution in [2.45, 2.75) is 45.8 Å². The number of carbonyl (C=O) groups is 1. The number of carbonyl (C=O) groups excluding carboxylic acids is 1. The second kappa shape index (κ2) is 6.10. The lowest BCUT2D eigenvalue weighted by Crippen LogP contribution is -2.60. The average molecular weight is 297 g/mol. The highest BCUT2D eigenvalue weighted by atomic mass is 32.1. The van der Waals surface area contributed by atoms with E-state index in [1.54, 1.807) is 16.2 Å². The second-order valence-corrected chi connectivity index (χ2v) is 7.21. The van der Waals surface area contributed by atoms with Crippen molar-refractivity contribution in [3.8, 4) is 0 Å². The van der Waals surface area contributed by atoms with Gasteiger partial charge in [-0.15, -0.1) is 11.3 Å². The van der Waals surface area contributed by atoms with Gasteiger partial charge in [-0.2, -0.15) is 0 Å². The van der Waals surface area contributed by atoms with E-state index in [4.69, 9.17) is 4.74 Å². The predicted molar refractivity (Wildman–Crippen MR) is 80.2 cm³/mol. The predicted octanol–water partition coefficient (Wildman–Crippen LogP) is 2.20. The molecule has 1 amide bonds. The first kappa shape index (κ1) is 15.3. The Balaban J connectivity index is 1.61. The minimum Gasteiger partial charge on any atom is -0.444 e. The number of aromatic nitrogens is 1. The molecule has 0 aromatic carbocycles. The fraction of sp³-hybridized carbons (Fsp3) is 0.714. The quantitative estimate of drug-likeness (QED) is 0.925. The Kier molecular flexibility index (Phi) is 4.65. The Morgan fingerprint density at radius 1 is 1.55 bits per heavy atom. The molecule has 1 N–H and O–H groups in total. The maximum atomic E-state index is 11.8. The van der Waals surface area contributed by atoms with Crippen LogP contribution in [0, 0.1) is 6.92 Å². The molecule has 0 saturated carbocycles. The van der Waals surface area contributed by atoms with Crippen molar-refractivity contribution in [1.82, 2.24) is 15.2 Å². The summed E-state index contributed by atoms with van der Waals surface area (Å²) >= 11 is 1.68. The molecular formula is C14H23N3O2S. The van der Waals surface area contributed by atoms with Crippen molar-refractivity contribution < 1.29 is 9.53 Å². The van der Waals surface area contributed by atoms with Gasteiger partial charge in [0.05, 0.1) is 10.7 Å². The lowest BCUT2D eigenvalue weighted by molar-refractivity contribution is 0.00541. The van der Waals surface area contributed by atoms with Gasteiger partial charge in [0.15, 0.2) is 0 Å². The van der Waals surface area contributed by atoms with E-state index in [9.17, 15) is 4.79 Å². The molecule has 1 aromatic rings. The Morgan fingerprint density at radius 2 is 2.25 bits per heavy atom. The fourth-order valence-electron chi connectivity index (χ4n) is 2.01. The highest BCUT2D eigenvalue weighted by molar-refractivity contribution is 7.09. The monoisotopic (exact) mass is 297 g/mol. The van der Waals surface area contributed by atoms with E-state index in [1.807, 2.05) is 27.7 Å². The van der Waals surface area contributed by atoms with Crippen molar-refractivity contribution in [3.05, 3.63) is 16.1 Å². The standard InChI is InChI=1S/C14H23N3O2S/c1-10-16-11(9-20-10)5-6-15-12-7-17(8-12)13(18)19-14(2,3)4/h9,12,15H,5-8H2,1-4H3. The molecule has 6 heteroatoms. The molecule has 0 radical (unpaired) electrons. The summed E-state index contributed by atoms with van der Waals surface area (Å²) in [6.45, 7) is 10.0. The van der Waals surface area contributed by atoms with Crippen LogP contribution in [0.1, 0.15) is 31.5 Å². The molecule has 1 aliphatic rings. The van der Waals surface area contributed by atoms with Crippen LogP contribution in [0.15, 0.2) is 5.38 Å². The van der Waals surface area contributed by atoms with Crippen molar-refractivity contribution in [2.75, 3.05) is 19.6 Å². The van der Waals surface area contributed by atoms with Crippen LogP contribution in [0.3, 0.4) is 0 Å². The van der Waals surface area contributed by atoms with Gasteiger partial charge < -0.3 is 15.0 Å². The molecule has 0 unspecified atom stereocenters. The molecule has 0 atom stereocenters. The Labute approximate surface area is 124 Å². The summed E-state index contributed by atoms with van der Waals surface area (Å²) in [5.74, 6) is 0. The van der Waals surface area contributed by atoms with Gasteiger partial charge in [0.25, 0.3) is 0 Å². The van der Waals surface area contributed by atoms with Gasteiger partial charge in [0.2, 0.25) is 0 Å². The maximum absolute atomic E-state index is 11.8. The first-order chi connectivity index (χ1) is 9.33. The normalized spacial score (nSPS) is 16.1. The van der Waals surface area contributed by atoms with Gasteiger partial charge in [-0.25, -0.2) is 9.78 Å². The van der Waals surface area contributed by atoms with Crippen molar-refractivity contribution in [2.24, 2.45) is 0 Å². The zero-order valence-electron chi connectivity index (χ0n) is 12.6. The van der Waals surface area contributed by atoms with E-state index in [2.05, 4.69) is 15.7 Å². The van der Waals surface area contributed by atoms with Crippen molar-refractivity contribution in [1.29, 1.82) is 0 Å². The molecule has 5 nitrogen and oxygen atoms in total. The SMILES string of the molecule is Cc1nc(CCNC2CN(C(=O)OC(C)(C)C)C2)cs1. The summed E-state index contributed by atoms with van der Waals surface area (Å²) in [5.41, 5.74) is 0.723. The molecule has 0 bridgehead atoms. The van der Waals surface area contributed by atoms with Gasteiger partial charge in [-0.05, 0) is 27.7 Å². The van der Waals surface area contributed by atoms with Crippen LogP contribution in [0.4, 0.5) is 4.79 Å². The number of hydrogen-bond donors (Lipinski definition) is 1. The van der Waals surface area contributed by atoms with Gasteiger partial charge in [-0.3, -0.25) is 0 Å². The Bertz CT molecular complexity index is 461. The maximum Gasteiger partial charge on any atom is 0.410 e. The molecule has 0 aliphatic carbocycles. The fourth-order valence-corrected chi connectivity index (χ4v) is 2.66. The Morgan fingerprint density at radius 3 is 2.80 bits per heavy atom. The zero-order chi connectivity index (χ0) is 14.8. The van der Waals surface area contributed by atoms with E-state index >= 15 is 0 Å². The molecule has 0 spiro atoms. The lowest BCUT2D eigenvalue weighted by atomic mass is 10.1. The average Bonchev–Trinajstić information content (AvgIpc) is 2.64. The van der Waals surface area contributed by atoms with E-state index in [1.165, 1.54) is 0 Å². The Hall–Kier alpha value is -1.14. The summed E-state index contributed by atoms with van der Waals surface area (Å²) in [4.78, 5) is 17.9. The number of aryl methyl sites for hydroxylation is 1. The third kappa shape index (κ3) is 4.45. The van der Waals surface area contributed by atoms with Gasteiger partial charge in [-0.1, -0.05) is 0 Å². The van der Waals surface area contributed by atoms with E-state index < -0.39 is 5.60 Å². The van der Waals surface area contributed by atoms with Crippen molar-refractivity contribution >= 4 is 17.4 Å². The first-order valence-corrected chi connectivity index (χ1v) is 7.84. The van der Waals surface area contributed by atoms with Crippen molar-refractivity contribution in [3.63, 3.8) is 0 Å². The topological polar surface area (TPSA) is 54.5 Å². The molecule has 1 aromatic heterocycles. The summed E-state index contributed by atoms with van der Waals surface area (Å²) in [6.07, 6.45) is 0.721. The molecular weight excluding hydrogens is 274 g/mol. The molecule has 1 fully saturated rings. The number of nitrogens with zero attached hydrogens (tertiary/aromatic N) is 2. The van der Waals surface area contributed by atoms with Crippen LogP contribution in [-0.2, 0) is 11.2 Å². The molecule has 2 rings (SSSR count). The highest BCUT2D eigenvalue weighted by Crippen LogP contribution is 2.15. The summed E-state index contributed by atoms with van der Waals surface area (Å²) in [5, 5.41) is 6.65. The molecule has 20 heavy (non-hydrogen) atoms. The molecule has 112 valence electrons. The lowest BCUT2D eigenvalue weighted by Gasteiger charge is -2.40. The number of amides is 1. The molecule has 2 heterocycles. The highest BCUT2D eigenvalue weighted by Gasteiger charge is 2.33. The largest absolute Gasteiger partial charge is 0.444 e. The van der Waals surface area contributed by atoms with Crippen LogP contribution in [0.2, 0.25) is 0 Å². The van der Waals surface area contributed by atoms with Crippen LogP contribution in [-0.4, -0.2) is 47.3 Å². The van der Waals surface area contributed by atoms with Gasteiger partial charge in [0, 0.05) is 37.5 Å². The number of ether oxygens (including phenoxy) is 1. The third-order valence-corrected chi connectivity index (χ3v) is 3.84. The number of nitrogens with one attached hydrogen (secondary N) is 1. The summed E-state index contributed by atoms with van der Waals surface area (Å²) in [7, 11) is 0. The first-order valence-electron chi connectivity index (χ1n) is 6.96. The van der Waals surface area contributed by atoms with Crippen LogP contribution in [0.25, 0.3) is 0 Å². The number of rotatable bonds is 4. The summed E-state index contributed by atoms with van der Waals surface area (Å²) < 4.78 is 5.32. The van der Waals surface area contributed by atoms with E-state index in [0.717, 1.165) is 36.8 Å². The zero-order valence-corrected chi connectivity index (χ0v) is 13.4. The number of likely N-dealkylation sites (tertiary alicyclic amines) is 1. The van der Waals surface area contributed by atoms with Gasteiger partial charge in [0.1, 0.15) is 5.60 Å².